The lowest BCUT2D eigenvalue weighted by Crippen LogP contribution is -2.00. The van der Waals surface area contributed by atoms with Crippen LogP contribution in [0.3, 0.4) is 0 Å². The highest BCUT2D eigenvalue weighted by Gasteiger charge is 2.02. The zero-order valence-corrected chi connectivity index (χ0v) is 11.4. The van der Waals surface area contributed by atoms with Crippen molar-refractivity contribution in [1.82, 2.24) is 4.98 Å². The molecular formula is C14H20N2S. The first kappa shape index (κ1) is 12.4. The lowest BCUT2D eigenvalue weighted by Gasteiger charge is -2.00. The highest BCUT2D eigenvalue weighted by Crippen LogP contribution is 2.26. The average molecular weight is 248 g/mol. The number of nitrogens with zero attached hydrogens (tertiary/aromatic N) is 1. The molecule has 0 amide bonds. The van der Waals surface area contributed by atoms with E-state index < -0.39 is 0 Å². The first-order valence-electron chi connectivity index (χ1n) is 6.40. The fraction of sp³-hybridized carbons (Fsp3) is 0.500. The largest absolute Gasteiger partial charge is 0.361 e. The van der Waals surface area contributed by atoms with E-state index in [1.165, 1.54) is 35.9 Å². The summed E-state index contributed by atoms with van der Waals surface area (Å²) in [5.74, 6) is 0. The molecule has 0 spiro atoms. The van der Waals surface area contributed by atoms with Gasteiger partial charge >= 0.3 is 0 Å². The number of hydrogen-bond donors (Lipinski definition) is 1. The molecule has 0 unspecified atom stereocenters. The number of benzene rings is 1. The molecule has 1 aromatic heterocycles. The van der Waals surface area contributed by atoms with Crippen LogP contribution in [-0.2, 0) is 0 Å². The van der Waals surface area contributed by atoms with Crippen molar-refractivity contribution in [3.05, 3.63) is 23.8 Å². The second-order valence-electron chi connectivity index (χ2n) is 4.48. The fourth-order valence-corrected chi connectivity index (χ4v) is 2.84. The Kier molecular flexibility index (Phi) is 4.37. The summed E-state index contributed by atoms with van der Waals surface area (Å²) in [6.07, 6.45) is 5.18. The van der Waals surface area contributed by atoms with Crippen LogP contribution in [0.1, 0.15) is 38.2 Å². The van der Waals surface area contributed by atoms with Crippen molar-refractivity contribution < 1.29 is 0 Å². The zero-order valence-electron chi connectivity index (χ0n) is 10.6. The normalized spacial score (nSPS) is 10.9. The number of thiazole rings is 1. The second-order valence-corrected chi connectivity index (χ2v) is 5.51. The molecule has 92 valence electrons. The van der Waals surface area contributed by atoms with Crippen molar-refractivity contribution in [2.24, 2.45) is 0 Å². The maximum atomic E-state index is 4.58. The van der Waals surface area contributed by atoms with Gasteiger partial charge in [-0.1, -0.05) is 43.6 Å². The summed E-state index contributed by atoms with van der Waals surface area (Å²) < 4.78 is 1.28. The molecule has 3 heteroatoms. The summed E-state index contributed by atoms with van der Waals surface area (Å²) in [6, 6.07) is 6.42. The van der Waals surface area contributed by atoms with E-state index in [1.807, 2.05) is 0 Å². The van der Waals surface area contributed by atoms with E-state index in [-0.39, 0.29) is 0 Å². The Morgan fingerprint density at radius 3 is 2.94 bits per heavy atom. The summed E-state index contributed by atoms with van der Waals surface area (Å²) in [5, 5.41) is 4.48. The molecule has 0 aliphatic carbocycles. The molecule has 0 aliphatic heterocycles. The van der Waals surface area contributed by atoms with Crippen molar-refractivity contribution in [3.8, 4) is 0 Å². The molecule has 0 saturated heterocycles. The van der Waals surface area contributed by atoms with Gasteiger partial charge in [0.25, 0.3) is 0 Å². The SMILES string of the molecule is CCCCCCNc1nc2ccc(C)cc2s1. The summed E-state index contributed by atoms with van der Waals surface area (Å²) >= 11 is 1.75. The molecule has 2 nitrogen and oxygen atoms in total. The number of aryl methyl sites for hydroxylation is 1. The number of fused-ring (bicyclic) bond motifs is 1. The van der Waals surface area contributed by atoms with Gasteiger partial charge in [-0.15, -0.1) is 0 Å². The Hall–Kier alpha value is -1.09. The Labute approximate surface area is 107 Å². The van der Waals surface area contributed by atoms with Gasteiger partial charge in [-0.05, 0) is 31.0 Å². The quantitative estimate of drug-likeness (QED) is 0.756. The van der Waals surface area contributed by atoms with Gasteiger partial charge in [0.1, 0.15) is 0 Å². The Balaban J connectivity index is 1.91. The number of anilines is 1. The van der Waals surface area contributed by atoms with Crippen molar-refractivity contribution in [1.29, 1.82) is 0 Å². The van der Waals surface area contributed by atoms with Crippen molar-refractivity contribution in [3.63, 3.8) is 0 Å². The predicted molar refractivity (Wildman–Crippen MR) is 77.0 cm³/mol. The molecule has 0 atom stereocenters. The molecule has 1 aromatic carbocycles. The second kappa shape index (κ2) is 6.01. The van der Waals surface area contributed by atoms with E-state index in [0.29, 0.717) is 0 Å². The molecule has 2 aromatic rings. The van der Waals surface area contributed by atoms with Crippen LogP contribution in [-0.4, -0.2) is 11.5 Å². The number of hydrogen-bond acceptors (Lipinski definition) is 3. The van der Waals surface area contributed by atoms with Gasteiger partial charge in [0.15, 0.2) is 5.13 Å². The van der Waals surface area contributed by atoms with E-state index in [2.05, 4.69) is 42.3 Å². The van der Waals surface area contributed by atoms with E-state index in [1.54, 1.807) is 11.3 Å². The minimum Gasteiger partial charge on any atom is -0.361 e. The average Bonchev–Trinajstić information content (AvgIpc) is 2.70. The first-order chi connectivity index (χ1) is 8.29. The minimum absolute atomic E-state index is 1.04. The summed E-state index contributed by atoms with van der Waals surface area (Å²) in [7, 11) is 0. The van der Waals surface area contributed by atoms with Gasteiger partial charge in [-0.2, -0.15) is 0 Å². The molecule has 17 heavy (non-hydrogen) atoms. The lowest BCUT2D eigenvalue weighted by atomic mass is 10.2. The van der Waals surface area contributed by atoms with Crippen LogP contribution >= 0.6 is 11.3 Å². The Morgan fingerprint density at radius 1 is 1.24 bits per heavy atom. The van der Waals surface area contributed by atoms with Gasteiger partial charge < -0.3 is 5.32 Å². The highest BCUT2D eigenvalue weighted by atomic mass is 32.1. The standard InChI is InChI=1S/C14H20N2S/c1-3-4-5-6-9-15-14-16-12-8-7-11(2)10-13(12)17-14/h7-8,10H,3-6,9H2,1-2H3,(H,15,16). The van der Waals surface area contributed by atoms with Crippen LogP contribution < -0.4 is 5.32 Å². The third kappa shape index (κ3) is 3.43. The molecule has 0 bridgehead atoms. The number of unbranched alkanes of at least 4 members (excludes halogenated alkanes) is 3. The molecule has 0 saturated carbocycles. The van der Waals surface area contributed by atoms with E-state index in [0.717, 1.165) is 17.2 Å². The molecule has 1 heterocycles. The van der Waals surface area contributed by atoms with Crippen LogP contribution in [0.5, 0.6) is 0 Å². The van der Waals surface area contributed by atoms with Crippen LogP contribution in [0.4, 0.5) is 5.13 Å². The number of aromatic nitrogens is 1. The van der Waals surface area contributed by atoms with Crippen molar-refractivity contribution in [2.75, 3.05) is 11.9 Å². The molecular weight excluding hydrogens is 228 g/mol. The Morgan fingerprint density at radius 2 is 2.12 bits per heavy atom. The maximum absolute atomic E-state index is 4.58. The van der Waals surface area contributed by atoms with Gasteiger partial charge in [0.2, 0.25) is 0 Å². The lowest BCUT2D eigenvalue weighted by molar-refractivity contribution is 0.685. The topological polar surface area (TPSA) is 24.9 Å². The van der Waals surface area contributed by atoms with Gasteiger partial charge in [0, 0.05) is 6.54 Å². The predicted octanol–water partition coefficient (Wildman–Crippen LogP) is 4.60. The number of rotatable bonds is 6. The van der Waals surface area contributed by atoms with E-state index in [4.69, 9.17) is 0 Å². The van der Waals surface area contributed by atoms with Crippen LogP contribution in [0.25, 0.3) is 10.2 Å². The third-order valence-electron chi connectivity index (χ3n) is 2.85. The molecule has 0 aliphatic rings. The summed E-state index contributed by atoms with van der Waals surface area (Å²) in [5.41, 5.74) is 2.41. The number of nitrogens with one attached hydrogen (secondary N) is 1. The monoisotopic (exact) mass is 248 g/mol. The molecule has 2 rings (SSSR count). The smallest absolute Gasteiger partial charge is 0.183 e. The van der Waals surface area contributed by atoms with Crippen molar-refractivity contribution >= 4 is 26.7 Å². The Bertz CT molecular complexity index is 476. The van der Waals surface area contributed by atoms with E-state index in [9.17, 15) is 0 Å². The zero-order chi connectivity index (χ0) is 12.1. The van der Waals surface area contributed by atoms with Gasteiger partial charge in [0.05, 0.1) is 10.2 Å². The molecule has 1 N–H and O–H groups in total. The van der Waals surface area contributed by atoms with Crippen molar-refractivity contribution in [2.45, 2.75) is 39.5 Å². The van der Waals surface area contributed by atoms with Crippen LogP contribution in [0.2, 0.25) is 0 Å². The third-order valence-corrected chi connectivity index (χ3v) is 3.83. The molecule has 0 fully saturated rings. The van der Waals surface area contributed by atoms with E-state index >= 15 is 0 Å². The highest BCUT2D eigenvalue weighted by molar-refractivity contribution is 7.22. The fourth-order valence-electron chi connectivity index (χ4n) is 1.85. The van der Waals surface area contributed by atoms with Gasteiger partial charge in [-0.25, -0.2) is 4.98 Å². The minimum atomic E-state index is 1.04. The first-order valence-corrected chi connectivity index (χ1v) is 7.22. The van der Waals surface area contributed by atoms with Crippen LogP contribution in [0, 0.1) is 6.92 Å². The van der Waals surface area contributed by atoms with Gasteiger partial charge in [-0.3, -0.25) is 0 Å². The molecule has 0 radical (unpaired) electrons. The van der Waals surface area contributed by atoms with Crippen LogP contribution in [0.15, 0.2) is 18.2 Å². The maximum Gasteiger partial charge on any atom is 0.183 e. The summed E-state index contributed by atoms with van der Waals surface area (Å²) in [4.78, 5) is 4.58. The summed E-state index contributed by atoms with van der Waals surface area (Å²) in [6.45, 7) is 5.40.